The topological polar surface area (TPSA) is 28.8 Å². The van der Waals surface area contributed by atoms with Crippen LogP contribution in [0.2, 0.25) is 5.15 Å². The zero-order valence-electron chi connectivity index (χ0n) is 5.29. The van der Waals surface area contributed by atoms with Crippen LogP contribution in [0.25, 0.3) is 0 Å². The molecule has 0 aromatic carbocycles. The Labute approximate surface area is 63.7 Å². The van der Waals surface area contributed by atoms with E-state index in [2.05, 4.69) is 14.9 Å². The van der Waals surface area contributed by atoms with E-state index >= 15 is 0 Å². The maximum absolute atomic E-state index is 5.64. The van der Waals surface area contributed by atoms with Gasteiger partial charge in [0.05, 0.1) is 0 Å². The summed E-state index contributed by atoms with van der Waals surface area (Å²) in [5, 5.41) is 0.511. The molecule has 1 saturated heterocycles. The van der Waals surface area contributed by atoms with Gasteiger partial charge in [0.1, 0.15) is 17.3 Å². The molecule has 1 aliphatic rings. The summed E-state index contributed by atoms with van der Waals surface area (Å²) in [5.74, 6) is 0.931. The second-order valence-electron chi connectivity index (χ2n) is 2.19. The molecular weight excluding hydrogens is 150 g/mol. The zero-order valence-corrected chi connectivity index (χ0v) is 6.04. The molecule has 1 fully saturated rings. The second-order valence-corrected chi connectivity index (χ2v) is 2.57. The van der Waals surface area contributed by atoms with Crippen LogP contribution in [0.1, 0.15) is 0 Å². The van der Waals surface area contributed by atoms with Gasteiger partial charge in [0.2, 0.25) is 0 Å². The van der Waals surface area contributed by atoms with Crippen molar-refractivity contribution >= 4 is 17.4 Å². The summed E-state index contributed by atoms with van der Waals surface area (Å²) in [7, 11) is 0. The fourth-order valence-electron chi connectivity index (χ4n) is 0.776. The van der Waals surface area contributed by atoms with Crippen LogP contribution in [0, 0.1) is 0 Å². The first-order chi connectivity index (χ1) is 4.86. The maximum Gasteiger partial charge on any atom is 0.134 e. The minimum absolute atomic E-state index is 0.511. The molecule has 0 aliphatic carbocycles. The largest absolute Gasteiger partial charge is 0.353 e. The van der Waals surface area contributed by atoms with Crippen molar-refractivity contribution in [1.29, 1.82) is 0 Å². The van der Waals surface area contributed by atoms with Crippen molar-refractivity contribution in [2.24, 2.45) is 0 Å². The highest BCUT2D eigenvalue weighted by molar-refractivity contribution is 6.29. The fourth-order valence-corrected chi connectivity index (χ4v) is 0.918. The maximum atomic E-state index is 5.64. The molecule has 0 atom stereocenters. The van der Waals surface area contributed by atoms with Crippen LogP contribution in [0.4, 0.5) is 5.82 Å². The Morgan fingerprint density at radius 1 is 1.40 bits per heavy atom. The van der Waals surface area contributed by atoms with E-state index in [4.69, 9.17) is 11.6 Å². The van der Waals surface area contributed by atoms with Gasteiger partial charge in [-0.3, -0.25) is 0 Å². The van der Waals surface area contributed by atoms with Gasteiger partial charge in [0.25, 0.3) is 0 Å². The number of nitrogens with zero attached hydrogens (tertiary/aromatic N) is 3. The van der Waals surface area contributed by atoms with E-state index in [1.165, 1.54) is 6.33 Å². The van der Waals surface area contributed by atoms with Gasteiger partial charge in [-0.15, -0.1) is 0 Å². The molecule has 52 valence electrons. The number of aromatic nitrogens is 2. The summed E-state index contributed by atoms with van der Waals surface area (Å²) in [6.07, 6.45) is 1.48. The van der Waals surface area contributed by atoms with Gasteiger partial charge >= 0.3 is 0 Å². The average Bonchev–Trinajstić information content (AvgIpc) is 2.68. The quantitative estimate of drug-likeness (QED) is 0.447. The number of hydrogen-bond donors (Lipinski definition) is 0. The molecule has 0 unspecified atom stereocenters. The molecule has 2 rings (SSSR count). The van der Waals surface area contributed by atoms with Gasteiger partial charge in [-0.05, 0) is 0 Å². The van der Waals surface area contributed by atoms with Gasteiger partial charge in [0.15, 0.2) is 0 Å². The molecule has 1 aliphatic heterocycles. The molecule has 4 heteroatoms. The van der Waals surface area contributed by atoms with Crippen LogP contribution >= 0.6 is 11.6 Å². The molecule has 0 bridgehead atoms. The molecular formula is C6H6ClN3. The summed E-state index contributed by atoms with van der Waals surface area (Å²) < 4.78 is 0. The highest BCUT2D eigenvalue weighted by atomic mass is 35.5. The molecule has 10 heavy (non-hydrogen) atoms. The van der Waals surface area contributed by atoms with Crippen molar-refractivity contribution < 1.29 is 0 Å². The molecule has 0 radical (unpaired) electrons. The Kier molecular flexibility index (Phi) is 1.24. The van der Waals surface area contributed by atoms with Gasteiger partial charge in [-0.2, -0.15) is 0 Å². The summed E-state index contributed by atoms with van der Waals surface area (Å²) in [6.45, 7) is 2.18. The van der Waals surface area contributed by atoms with Crippen LogP contribution < -0.4 is 4.90 Å². The lowest BCUT2D eigenvalue weighted by Gasteiger charge is -1.98. The van der Waals surface area contributed by atoms with Crippen molar-refractivity contribution in [2.45, 2.75) is 0 Å². The van der Waals surface area contributed by atoms with Crippen molar-refractivity contribution in [2.75, 3.05) is 18.0 Å². The summed E-state index contributed by atoms with van der Waals surface area (Å²) in [6, 6.07) is 1.77. The smallest absolute Gasteiger partial charge is 0.134 e. The van der Waals surface area contributed by atoms with Crippen LogP contribution in [0.15, 0.2) is 12.4 Å². The molecule has 0 spiro atoms. The van der Waals surface area contributed by atoms with Crippen LogP contribution in [0.3, 0.4) is 0 Å². The number of hydrogen-bond acceptors (Lipinski definition) is 3. The third-order valence-electron chi connectivity index (χ3n) is 1.39. The highest BCUT2D eigenvalue weighted by Crippen LogP contribution is 2.19. The number of halogens is 1. The molecule has 3 nitrogen and oxygen atoms in total. The predicted molar refractivity (Wildman–Crippen MR) is 39.3 cm³/mol. The SMILES string of the molecule is Clc1cc(N2CC2)ncn1. The van der Waals surface area contributed by atoms with E-state index in [1.54, 1.807) is 6.07 Å². The number of anilines is 1. The Hall–Kier alpha value is -0.830. The van der Waals surface area contributed by atoms with Crippen LogP contribution in [-0.4, -0.2) is 23.1 Å². The minimum atomic E-state index is 0.511. The summed E-state index contributed by atoms with van der Waals surface area (Å²) >= 11 is 5.64. The first kappa shape index (κ1) is 5.92. The van der Waals surface area contributed by atoms with E-state index < -0.39 is 0 Å². The Bertz CT molecular complexity index is 247. The van der Waals surface area contributed by atoms with E-state index in [0.717, 1.165) is 18.9 Å². The molecule has 2 heterocycles. The third-order valence-corrected chi connectivity index (χ3v) is 1.60. The Morgan fingerprint density at radius 2 is 2.20 bits per heavy atom. The molecule has 1 aromatic rings. The fraction of sp³-hybridized carbons (Fsp3) is 0.333. The van der Waals surface area contributed by atoms with E-state index in [9.17, 15) is 0 Å². The van der Waals surface area contributed by atoms with Gasteiger partial charge < -0.3 is 4.90 Å². The Morgan fingerprint density at radius 3 is 2.80 bits per heavy atom. The van der Waals surface area contributed by atoms with Crippen molar-refractivity contribution in [3.05, 3.63) is 17.5 Å². The molecule has 0 amide bonds. The second kappa shape index (κ2) is 2.09. The van der Waals surface area contributed by atoms with Crippen molar-refractivity contribution in [3.8, 4) is 0 Å². The summed E-state index contributed by atoms with van der Waals surface area (Å²) in [5.41, 5.74) is 0. The van der Waals surface area contributed by atoms with E-state index in [-0.39, 0.29) is 0 Å². The zero-order chi connectivity index (χ0) is 6.97. The van der Waals surface area contributed by atoms with E-state index in [1.807, 2.05) is 0 Å². The van der Waals surface area contributed by atoms with Crippen LogP contribution in [-0.2, 0) is 0 Å². The summed E-state index contributed by atoms with van der Waals surface area (Å²) in [4.78, 5) is 9.93. The monoisotopic (exact) mass is 155 g/mol. The lowest BCUT2D eigenvalue weighted by atomic mass is 10.6. The predicted octanol–water partition coefficient (Wildman–Crippen LogP) is 0.950. The molecule has 0 saturated carbocycles. The minimum Gasteiger partial charge on any atom is -0.353 e. The van der Waals surface area contributed by atoms with E-state index in [0.29, 0.717) is 5.15 Å². The lowest BCUT2D eigenvalue weighted by molar-refractivity contribution is 1.13. The van der Waals surface area contributed by atoms with Crippen LogP contribution in [0.5, 0.6) is 0 Å². The van der Waals surface area contributed by atoms with Gasteiger partial charge in [-0.25, -0.2) is 9.97 Å². The first-order valence-corrected chi connectivity index (χ1v) is 3.46. The van der Waals surface area contributed by atoms with Gasteiger partial charge in [-0.1, -0.05) is 11.6 Å². The molecule has 1 aromatic heterocycles. The Balaban J connectivity index is 2.32. The van der Waals surface area contributed by atoms with Crippen molar-refractivity contribution in [1.82, 2.24) is 9.97 Å². The lowest BCUT2D eigenvalue weighted by Crippen LogP contribution is -1.94. The average molecular weight is 156 g/mol. The standard InChI is InChI=1S/C6H6ClN3/c7-5-3-6(9-4-8-5)10-1-2-10/h3-4H,1-2H2. The first-order valence-electron chi connectivity index (χ1n) is 3.09. The van der Waals surface area contributed by atoms with Crippen molar-refractivity contribution in [3.63, 3.8) is 0 Å². The number of rotatable bonds is 1. The molecule has 0 N–H and O–H groups in total. The highest BCUT2D eigenvalue weighted by Gasteiger charge is 2.18. The van der Waals surface area contributed by atoms with Gasteiger partial charge in [0, 0.05) is 19.2 Å². The normalized spacial score (nSPS) is 15.5. The third kappa shape index (κ3) is 1.04.